The van der Waals surface area contributed by atoms with Gasteiger partial charge in [0.1, 0.15) is 0 Å². The van der Waals surface area contributed by atoms with Gasteiger partial charge in [-0.25, -0.2) is 4.79 Å². The van der Waals surface area contributed by atoms with E-state index in [-0.39, 0.29) is 23.9 Å². The second-order valence-corrected chi connectivity index (χ2v) is 6.92. The number of amides is 2. The number of alkyl halides is 3. The van der Waals surface area contributed by atoms with Crippen LogP contribution in [0.5, 0.6) is 0 Å². The van der Waals surface area contributed by atoms with Crippen molar-refractivity contribution in [2.75, 3.05) is 13.1 Å². The van der Waals surface area contributed by atoms with Crippen LogP contribution in [-0.2, 0) is 20.9 Å². The monoisotopic (exact) mass is 415 g/mol. The van der Waals surface area contributed by atoms with E-state index < -0.39 is 12.1 Å². The van der Waals surface area contributed by atoms with Crippen LogP contribution in [0.4, 0.5) is 13.2 Å². The molecule has 2 amide bonds. The van der Waals surface area contributed by atoms with Gasteiger partial charge < -0.3 is 10.4 Å². The van der Waals surface area contributed by atoms with Gasteiger partial charge in [0.15, 0.2) is 0 Å². The molecule has 7 nitrogen and oxygen atoms in total. The Morgan fingerprint density at radius 1 is 1.10 bits per heavy atom. The largest absolute Gasteiger partial charge is 0.490 e. The van der Waals surface area contributed by atoms with Gasteiger partial charge in [-0.15, -0.1) is 0 Å². The molecular weight excluding hydrogens is 391 g/mol. The number of aliphatic carboxylic acids is 1. The Labute approximate surface area is 166 Å². The number of carboxylic acids is 1. The third-order valence-corrected chi connectivity index (χ3v) is 4.76. The summed E-state index contributed by atoms with van der Waals surface area (Å²) in [5, 5.41) is 12.8. The van der Waals surface area contributed by atoms with Gasteiger partial charge in [-0.1, -0.05) is 30.3 Å². The molecule has 2 heterocycles. The fraction of sp³-hybridized carbons (Fsp3) is 0.526. The van der Waals surface area contributed by atoms with Gasteiger partial charge in [-0.05, 0) is 44.3 Å². The third-order valence-electron chi connectivity index (χ3n) is 4.76. The third kappa shape index (κ3) is 7.13. The predicted molar refractivity (Wildman–Crippen MR) is 97.7 cm³/mol. The Morgan fingerprint density at radius 3 is 2.31 bits per heavy atom. The summed E-state index contributed by atoms with van der Waals surface area (Å²) < 4.78 is 31.7. The molecule has 3 rings (SSSR count). The summed E-state index contributed by atoms with van der Waals surface area (Å²) in [6, 6.07) is 9.76. The fourth-order valence-electron chi connectivity index (χ4n) is 3.33. The first-order valence-electron chi connectivity index (χ1n) is 9.34. The molecule has 160 valence electrons. The highest BCUT2D eigenvalue weighted by atomic mass is 19.4. The van der Waals surface area contributed by atoms with Crippen molar-refractivity contribution in [1.29, 1.82) is 0 Å². The molecule has 2 atom stereocenters. The van der Waals surface area contributed by atoms with Crippen LogP contribution < -0.4 is 10.6 Å². The molecule has 2 fully saturated rings. The number of hydrogen-bond donors (Lipinski definition) is 3. The lowest BCUT2D eigenvalue weighted by atomic mass is 10.1. The summed E-state index contributed by atoms with van der Waals surface area (Å²) in [5.41, 5.74) is 1.20. The quantitative estimate of drug-likeness (QED) is 0.648. The van der Waals surface area contributed by atoms with E-state index in [2.05, 4.69) is 27.7 Å². The molecule has 1 aromatic carbocycles. The van der Waals surface area contributed by atoms with Crippen molar-refractivity contribution in [3.63, 3.8) is 0 Å². The van der Waals surface area contributed by atoms with Crippen LogP contribution in [0.25, 0.3) is 0 Å². The maximum atomic E-state index is 12.4. The zero-order valence-electron chi connectivity index (χ0n) is 15.7. The number of carboxylic acid groups (broad SMARTS) is 1. The average molecular weight is 415 g/mol. The van der Waals surface area contributed by atoms with Gasteiger partial charge >= 0.3 is 12.1 Å². The number of imide groups is 1. The molecule has 0 spiro atoms. The molecule has 1 aromatic rings. The number of benzene rings is 1. The van der Waals surface area contributed by atoms with E-state index in [0.717, 1.165) is 45.3 Å². The molecule has 0 bridgehead atoms. The molecule has 2 saturated heterocycles. The van der Waals surface area contributed by atoms with Crippen molar-refractivity contribution in [1.82, 2.24) is 15.5 Å². The van der Waals surface area contributed by atoms with Crippen molar-refractivity contribution in [2.24, 2.45) is 0 Å². The zero-order chi connectivity index (χ0) is 21.4. The number of halogens is 3. The SMILES string of the molecule is O=C(NC(=O)[C@@H]1CCCN1Cc1ccccc1)[C@@H]1CCCN1.O=C(O)C(F)(F)F. The minimum Gasteiger partial charge on any atom is -0.475 e. The normalized spacial score (nSPS) is 21.9. The lowest BCUT2D eigenvalue weighted by Gasteiger charge is -2.24. The molecule has 3 N–H and O–H groups in total. The maximum Gasteiger partial charge on any atom is 0.490 e. The molecule has 10 heteroatoms. The zero-order valence-corrected chi connectivity index (χ0v) is 15.7. The highest BCUT2D eigenvalue weighted by Gasteiger charge is 2.38. The molecule has 2 aliphatic rings. The molecule has 0 unspecified atom stereocenters. The lowest BCUT2D eigenvalue weighted by Crippen LogP contribution is -2.49. The van der Waals surface area contributed by atoms with Crippen LogP contribution in [0, 0.1) is 0 Å². The van der Waals surface area contributed by atoms with E-state index in [9.17, 15) is 22.8 Å². The second-order valence-electron chi connectivity index (χ2n) is 6.92. The van der Waals surface area contributed by atoms with Crippen molar-refractivity contribution in [3.05, 3.63) is 35.9 Å². The summed E-state index contributed by atoms with van der Waals surface area (Å²) in [6.45, 7) is 2.52. The minimum absolute atomic E-state index is 0.146. The highest BCUT2D eigenvalue weighted by Crippen LogP contribution is 2.20. The van der Waals surface area contributed by atoms with E-state index in [1.165, 1.54) is 5.56 Å². The smallest absolute Gasteiger partial charge is 0.475 e. The van der Waals surface area contributed by atoms with Crippen LogP contribution in [-0.4, -0.2) is 59.1 Å². The number of nitrogens with one attached hydrogen (secondary N) is 2. The number of rotatable bonds is 4. The summed E-state index contributed by atoms with van der Waals surface area (Å²) in [7, 11) is 0. The average Bonchev–Trinajstić information content (AvgIpc) is 3.34. The van der Waals surface area contributed by atoms with E-state index in [1.54, 1.807) is 0 Å². The molecule has 0 saturated carbocycles. The van der Waals surface area contributed by atoms with Crippen LogP contribution in [0.1, 0.15) is 31.2 Å². The fourth-order valence-corrected chi connectivity index (χ4v) is 3.33. The van der Waals surface area contributed by atoms with Crippen molar-refractivity contribution < 1.29 is 32.7 Å². The maximum absolute atomic E-state index is 12.4. The van der Waals surface area contributed by atoms with Crippen LogP contribution in [0.3, 0.4) is 0 Å². The topological polar surface area (TPSA) is 98.7 Å². The molecule has 0 radical (unpaired) electrons. The number of likely N-dealkylation sites (tertiary alicyclic amines) is 1. The number of hydrogen-bond acceptors (Lipinski definition) is 5. The van der Waals surface area contributed by atoms with Gasteiger partial charge in [0.2, 0.25) is 11.8 Å². The number of carbonyl (C=O) groups is 3. The van der Waals surface area contributed by atoms with Crippen LogP contribution in [0.15, 0.2) is 30.3 Å². The first kappa shape index (κ1) is 22.8. The van der Waals surface area contributed by atoms with Gasteiger partial charge in [-0.3, -0.25) is 19.8 Å². The van der Waals surface area contributed by atoms with Gasteiger partial charge in [0, 0.05) is 6.54 Å². The van der Waals surface area contributed by atoms with Gasteiger partial charge in [0.25, 0.3) is 0 Å². The Bertz CT molecular complexity index is 706. The Kier molecular flexibility index (Phi) is 8.15. The van der Waals surface area contributed by atoms with E-state index in [4.69, 9.17) is 9.90 Å². The molecule has 0 aliphatic carbocycles. The Balaban J connectivity index is 0.000000370. The number of carbonyl (C=O) groups excluding carboxylic acids is 2. The summed E-state index contributed by atoms with van der Waals surface area (Å²) in [5.74, 6) is -3.08. The molecule has 0 aromatic heterocycles. The Hall–Kier alpha value is -2.46. The standard InChI is InChI=1S/C17H23N3O2.C2HF3O2/c21-16(14-8-4-10-18-14)19-17(22)15-9-5-11-20(15)12-13-6-2-1-3-7-13;3-2(4,5)1(6)7/h1-3,6-7,14-15,18H,4-5,8-12H2,(H,19,21,22);(H,6,7)/t14-,15-;/m0./s1. The first-order chi connectivity index (χ1) is 13.7. The summed E-state index contributed by atoms with van der Waals surface area (Å²) >= 11 is 0. The summed E-state index contributed by atoms with van der Waals surface area (Å²) in [6.07, 6.45) is -1.45. The van der Waals surface area contributed by atoms with Crippen LogP contribution >= 0.6 is 0 Å². The molecule has 29 heavy (non-hydrogen) atoms. The van der Waals surface area contributed by atoms with Crippen molar-refractivity contribution >= 4 is 17.8 Å². The van der Waals surface area contributed by atoms with E-state index >= 15 is 0 Å². The van der Waals surface area contributed by atoms with Crippen molar-refractivity contribution in [2.45, 2.75) is 50.5 Å². The second kappa shape index (κ2) is 10.4. The van der Waals surface area contributed by atoms with Gasteiger partial charge in [-0.2, -0.15) is 13.2 Å². The number of nitrogens with zero attached hydrogens (tertiary/aromatic N) is 1. The summed E-state index contributed by atoms with van der Waals surface area (Å²) in [4.78, 5) is 35.5. The van der Waals surface area contributed by atoms with E-state index in [0.29, 0.717) is 0 Å². The molecule has 2 aliphatic heterocycles. The van der Waals surface area contributed by atoms with Crippen molar-refractivity contribution in [3.8, 4) is 0 Å². The Morgan fingerprint density at radius 2 is 1.76 bits per heavy atom. The first-order valence-corrected chi connectivity index (χ1v) is 9.34. The molecular formula is C19H24F3N3O4. The highest BCUT2D eigenvalue weighted by molar-refractivity contribution is 6.00. The van der Waals surface area contributed by atoms with Gasteiger partial charge in [0.05, 0.1) is 12.1 Å². The minimum atomic E-state index is -5.08. The van der Waals surface area contributed by atoms with E-state index in [1.807, 2.05) is 18.2 Å². The lowest BCUT2D eigenvalue weighted by molar-refractivity contribution is -0.192. The predicted octanol–water partition coefficient (Wildman–Crippen LogP) is 1.68. The van der Waals surface area contributed by atoms with Crippen LogP contribution in [0.2, 0.25) is 0 Å².